The molecule has 0 saturated carbocycles. The lowest BCUT2D eigenvalue weighted by Crippen LogP contribution is -2.11. The van der Waals surface area contributed by atoms with E-state index < -0.39 is 11.9 Å². The van der Waals surface area contributed by atoms with Crippen LogP contribution >= 0.6 is 0 Å². The van der Waals surface area contributed by atoms with Gasteiger partial charge >= 0.3 is 11.9 Å². The van der Waals surface area contributed by atoms with Gasteiger partial charge in [0.1, 0.15) is 11.5 Å². The summed E-state index contributed by atoms with van der Waals surface area (Å²) in [7, 11) is 0. The summed E-state index contributed by atoms with van der Waals surface area (Å²) in [4.78, 5) is 28.3. The van der Waals surface area contributed by atoms with Gasteiger partial charge in [-0.25, -0.2) is 9.59 Å². The standard InChI is InChI=1S/C48H40N2O4/c1-6-36-14-20-40(21-15-36)50(44-28-32-46(33-29-44)54-48(52)35(4)5)42-24-18-38(19-25-42)13-12-37-16-22-41(23-17-37)49(39-10-8-7-9-11-39)43-26-30-45(31-27-43)53-47(51)34(2)3/h6-33H,1-2,4H2,3,5H3. The van der Waals surface area contributed by atoms with E-state index in [9.17, 15) is 9.59 Å². The molecule has 6 nitrogen and oxygen atoms in total. The number of rotatable bonds is 13. The maximum absolute atomic E-state index is 12.0. The van der Waals surface area contributed by atoms with Gasteiger partial charge in [-0.05, 0) is 128 Å². The molecular formula is C48H40N2O4. The molecule has 0 aliphatic rings. The Balaban J connectivity index is 1.21. The molecule has 266 valence electrons. The summed E-state index contributed by atoms with van der Waals surface area (Å²) in [6, 6.07) is 49.8. The Morgan fingerprint density at radius 1 is 0.444 bits per heavy atom. The third kappa shape index (κ3) is 8.99. The third-order valence-corrected chi connectivity index (χ3v) is 8.48. The minimum absolute atomic E-state index is 0.341. The molecule has 0 N–H and O–H groups in total. The average molecular weight is 709 g/mol. The SMILES string of the molecule is C=Cc1ccc(N(c2ccc(C=Cc3ccc(N(c4ccccc4)c4ccc(OC(=O)C(=C)C)cc4)cc3)cc2)c2ccc(OC(=O)C(=C)C)cc2)cc1. The lowest BCUT2D eigenvalue weighted by Gasteiger charge is -2.26. The molecule has 0 spiro atoms. The van der Waals surface area contributed by atoms with Crippen molar-refractivity contribution in [3.63, 3.8) is 0 Å². The summed E-state index contributed by atoms with van der Waals surface area (Å²) < 4.78 is 10.8. The van der Waals surface area contributed by atoms with Gasteiger partial charge in [0.25, 0.3) is 0 Å². The van der Waals surface area contributed by atoms with Crippen LogP contribution in [0.5, 0.6) is 11.5 Å². The van der Waals surface area contributed by atoms with Gasteiger partial charge in [-0.3, -0.25) is 0 Å². The highest BCUT2D eigenvalue weighted by atomic mass is 16.5. The molecule has 0 aliphatic heterocycles. The largest absolute Gasteiger partial charge is 0.423 e. The summed E-state index contributed by atoms with van der Waals surface area (Å²) in [5.74, 6) is 0.0000303. The first-order chi connectivity index (χ1) is 26.2. The highest BCUT2D eigenvalue weighted by Crippen LogP contribution is 2.37. The number of esters is 2. The highest BCUT2D eigenvalue weighted by molar-refractivity contribution is 5.89. The maximum Gasteiger partial charge on any atom is 0.338 e. The zero-order chi connectivity index (χ0) is 38.0. The Morgan fingerprint density at radius 2 is 0.741 bits per heavy atom. The van der Waals surface area contributed by atoms with Crippen LogP contribution in [-0.2, 0) is 9.59 Å². The van der Waals surface area contributed by atoms with Gasteiger partial charge in [0.05, 0.1) is 0 Å². The number of nitrogens with zero attached hydrogens (tertiary/aromatic N) is 2. The molecule has 0 aliphatic carbocycles. The number of benzene rings is 6. The first-order valence-electron chi connectivity index (χ1n) is 17.4. The van der Waals surface area contributed by atoms with Gasteiger partial charge in [0.15, 0.2) is 0 Å². The van der Waals surface area contributed by atoms with Gasteiger partial charge in [0.2, 0.25) is 0 Å². The second kappa shape index (κ2) is 16.9. The molecule has 6 heteroatoms. The van der Waals surface area contributed by atoms with E-state index in [4.69, 9.17) is 9.47 Å². The average Bonchev–Trinajstić information content (AvgIpc) is 3.20. The van der Waals surface area contributed by atoms with Crippen molar-refractivity contribution in [2.45, 2.75) is 13.8 Å². The molecule has 6 aromatic rings. The Hall–Kier alpha value is -7.18. The molecule has 0 unspecified atom stereocenters. The van der Waals surface area contributed by atoms with Crippen molar-refractivity contribution in [1.29, 1.82) is 0 Å². The van der Waals surface area contributed by atoms with E-state index >= 15 is 0 Å². The summed E-state index contributed by atoms with van der Waals surface area (Å²) in [5.41, 5.74) is 9.57. The predicted octanol–water partition coefficient (Wildman–Crippen LogP) is 12.4. The Morgan fingerprint density at radius 3 is 1.06 bits per heavy atom. The summed E-state index contributed by atoms with van der Waals surface area (Å²) in [5, 5.41) is 0. The van der Waals surface area contributed by atoms with E-state index in [1.807, 2.05) is 60.7 Å². The second-order valence-electron chi connectivity index (χ2n) is 12.6. The molecule has 0 bridgehead atoms. The minimum atomic E-state index is -0.458. The number of carbonyl (C=O) groups is 2. The normalized spacial score (nSPS) is 10.7. The summed E-state index contributed by atoms with van der Waals surface area (Å²) >= 11 is 0. The van der Waals surface area contributed by atoms with Crippen LogP contribution in [0.3, 0.4) is 0 Å². The maximum atomic E-state index is 12.0. The van der Waals surface area contributed by atoms with Crippen LogP contribution < -0.4 is 19.3 Å². The molecular weight excluding hydrogens is 669 g/mol. The molecule has 6 aromatic carbocycles. The first kappa shape index (κ1) is 36.6. The number of para-hydroxylation sites is 1. The van der Waals surface area contributed by atoms with Gasteiger partial charge < -0.3 is 19.3 Å². The number of carbonyl (C=O) groups excluding carboxylic acids is 2. The van der Waals surface area contributed by atoms with Crippen molar-refractivity contribution in [3.05, 3.63) is 199 Å². The molecule has 0 aromatic heterocycles. The predicted molar refractivity (Wildman–Crippen MR) is 222 cm³/mol. The fraction of sp³-hybridized carbons (Fsp3) is 0.0417. The van der Waals surface area contributed by atoms with Gasteiger partial charge in [-0.15, -0.1) is 0 Å². The van der Waals surface area contributed by atoms with Crippen molar-refractivity contribution in [1.82, 2.24) is 0 Å². The van der Waals surface area contributed by atoms with Crippen LogP contribution in [0.4, 0.5) is 34.1 Å². The molecule has 54 heavy (non-hydrogen) atoms. The van der Waals surface area contributed by atoms with Crippen molar-refractivity contribution in [2.24, 2.45) is 0 Å². The lowest BCUT2D eigenvalue weighted by atomic mass is 10.1. The monoisotopic (exact) mass is 708 g/mol. The van der Waals surface area contributed by atoms with Crippen LogP contribution in [0.1, 0.15) is 30.5 Å². The quantitative estimate of drug-likeness (QED) is 0.0515. The van der Waals surface area contributed by atoms with Gasteiger partial charge in [0, 0.05) is 45.3 Å². The number of hydrogen-bond donors (Lipinski definition) is 0. The number of hydrogen-bond acceptors (Lipinski definition) is 6. The molecule has 0 radical (unpaired) electrons. The van der Waals surface area contributed by atoms with Crippen LogP contribution in [0.15, 0.2) is 183 Å². The molecule has 0 amide bonds. The van der Waals surface area contributed by atoms with Crippen molar-refractivity contribution in [3.8, 4) is 11.5 Å². The van der Waals surface area contributed by atoms with Crippen molar-refractivity contribution in [2.75, 3.05) is 9.80 Å². The van der Waals surface area contributed by atoms with Crippen molar-refractivity contribution >= 4 is 64.3 Å². The third-order valence-electron chi connectivity index (χ3n) is 8.48. The van der Waals surface area contributed by atoms with E-state index in [1.165, 1.54) is 0 Å². The van der Waals surface area contributed by atoms with Gasteiger partial charge in [-0.2, -0.15) is 0 Å². The summed E-state index contributed by atoms with van der Waals surface area (Å²) in [6.45, 7) is 14.4. The van der Waals surface area contributed by atoms with Crippen LogP contribution in [0.2, 0.25) is 0 Å². The van der Waals surface area contributed by atoms with E-state index in [0.29, 0.717) is 22.6 Å². The zero-order valence-corrected chi connectivity index (χ0v) is 30.3. The molecule has 6 rings (SSSR count). The number of anilines is 6. The Kier molecular flexibility index (Phi) is 11.4. The smallest absolute Gasteiger partial charge is 0.338 e. The van der Waals surface area contributed by atoms with Crippen LogP contribution in [0, 0.1) is 0 Å². The molecule has 0 atom stereocenters. The Labute approximate surface area is 316 Å². The second-order valence-corrected chi connectivity index (χ2v) is 12.6. The molecule has 0 fully saturated rings. The van der Waals surface area contributed by atoms with E-state index in [2.05, 4.69) is 114 Å². The molecule has 0 saturated heterocycles. The fourth-order valence-corrected chi connectivity index (χ4v) is 5.61. The molecule has 0 heterocycles. The van der Waals surface area contributed by atoms with E-state index in [0.717, 1.165) is 50.8 Å². The van der Waals surface area contributed by atoms with Crippen LogP contribution in [0.25, 0.3) is 18.2 Å². The number of ether oxygens (including phenoxy) is 2. The lowest BCUT2D eigenvalue weighted by molar-refractivity contribution is -0.130. The topological polar surface area (TPSA) is 59.1 Å². The van der Waals surface area contributed by atoms with Crippen LogP contribution in [-0.4, -0.2) is 11.9 Å². The van der Waals surface area contributed by atoms with Gasteiger partial charge in [-0.1, -0.05) is 92.6 Å². The van der Waals surface area contributed by atoms with Crippen molar-refractivity contribution < 1.29 is 19.1 Å². The summed E-state index contributed by atoms with van der Waals surface area (Å²) in [6.07, 6.45) is 6.00. The first-order valence-corrected chi connectivity index (χ1v) is 17.4. The van der Waals surface area contributed by atoms with E-state index in [1.54, 1.807) is 38.1 Å². The minimum Gasteiger partial charge on any atom is -0.423 e. The fourth-order valence-electron chi connectivity index (χ4n) is 5.61. The highest BCUT2D eigenvalue weighted by Gasteiger charge is 2.15. The zero-order valence-electron chi connectivity index (χ0n) is 30.3. The van der Waals surface area contributed by atoms with E-state index in [-0.39, 0.29) is 0 Å². The Bertz CT molecular complexity index is 2290.